The molecule has 3 nitrogen and oxygen atoms in total. The van der Waals surface area contributed by atoms with Gasteiger partial charge in [-0.2, -0.15) is 5.26 Å². The van der Waals surface area contributed by atoms with Gasteiger partial charge in [-0.25, -0.2) is 4.98 Å². The Bertz CT molecular complexity index is 291. The minimum atomic E-state index is 0.880. The number of hydrogen-bond acceptors (Lipinski definition) is 2. The van der Waals surface area contributed by atoms with E-state index in [0.717, 1.165) is 12.2 Å². The molecule has 11 heavy (non-hydrogen) atoms. The van der Waals surface area contributed by atoms with E-state index in [0.29, 0.717) is 0 Å². The van der Waals surface area contributed by atoms with Crippen molar-refractivity contribution in [3.05, 3.63) is 24.3 Å². The fourth-order valence-electron chi connectivity index (χ4n) is 0.857. The number of nitrogens with zero attached hydrogens (tertiary/aromatic N) is 3. The van der Waals surface area contributed by atoms with Gasteiger partial charge in [0.1, 0.15) is 0 Å². The minimum absolute atomic E-state index is 0.880. The number of allylic oxidation sites excluding steroid dienone is 1. The topological polar surface area (TPSA) is 41.6 Å². The highest BCUT2D eigenvalue weighted by atomic mass is 15.0. The molecule has 0 saturated heterocycles. The fraction of sp³-hybridized carbons (Fsp3) is 0.250. The van der Waals surface area contributed by atoms with Crippen LogP contribution in [-0.2, 0) is 6.54 Å². The van der Waals surface area contributed by atoms with Gasteiger partial charge in [-0.3, -0.25) is 0 Å². The first-order valence-corrected chi connectivity index (χ1v) is 3.44. The largest absolute Gasteiger partial charge is 0.331 e. The SMILES string of the molecule is CCn1cncc1C=CC#N. The van der Waals surface area contributed by atoms with E-state index in [2.05, 4.69) is 4.98 Å². The Kier molecular flexibility index (Phi) is 2.45. The lowest BCUT2D eigenvalue weighted by Crippen LogP contribution is -1.93. The second-order valence-electron chi connectivity index (χ2n) is 2.07. The molecular formula is C8H9N3. The van der Waals surface area contributed by atoms with Gasteiger partial charge in [0.05, 0.1) is 24.3 Å². The summed E-state index contributed by atoms with van der Waals surface area (Å²) in [6.45, 7) is 2.91. The van der Waals surface area contributed by atoms with Gasteiger partial charge < -0.3 is 4.57 Å². The van der Waals surface area contributed by atoms with Gasteiger partial charge in [0.15, 0.2) is 0 Å². The predicted molar refractivity (Wildman–Crippen MR) is 42.5 cm³/mol. The molecule has 0 spiro atoms. The third-order valence-corrected chi connectivity index (χ3v) is 1.41. The smallest absolute Gasteiger partial charge is 0.0950 e. The van der Waals surface area contributed by atoms with Gasteiger partial charge in [-0.1, -0.05) is 0 Å². The average Bonchev–Trinajstić information content (AvgIpc) is 2.47. The first kappa shape index (κ1) is 7.55. The third kappa shape index (κ3) is 1.68. The van der Waals surface area contributed by atoms with Crippen molar-refractivity contribution in [1.82, 2.24) is 9.55 Å². The van der Waals surface area contributed by atoms with E-state index >= 15 is 0 Å². The van der Waals surface area contributed by atoms with Gasteiger partial charge in [0.25, 0.3) is 0 Å². The Hall–Kier alpha value is -1.56. The van der Waals surface area contributed by atoms with Crippen LogP contribution >= 0.6 is 0 Å². The standard InChI is InChI=1S/C8H9N3/c1-2-11-7-10-6-8(11)4-3-5-9/h3-4,6-7H,2H2,1H3. The first-order chi connectivity index (χ1) is 5.38. The van der Waals surface area contributed by atoms with Crippen molar-refractivity contribution in [1.29, 1.82) is 5.26 Å². The quantitative estimate of drug-likeness (QED) is 0.594. The molecule has 0 N–H and O–H groups in total. The van der Waals surface area contributed by atoms with Gasteiger partial charge >= 0.3 is 0 Å². The Morgan fingerprint density at radius 3 is 3.27 bits per heavy atom. The van der Waals surface area contributed by atoms with Crippen molar-refractivity contribution in [2.75, 3.05) is 0 Å². The molecule has 1 aromatic heterocycles. The normalized spacial score (nSPS) is 10.2. The van der Waals surface area contributed by atoms with Crippen LogP contribution in [0.4, 0.5) is 0 Å². The zero-order valence-electron chi connectivity index (χ0n) is 6.36. The van der Waals surface area contributed by atoms with Crippen LogP contribution in [0.15, 0.2) is 18.6 Å². The van der Waals surface area contributed by atoms with E-state index < -0.39 is 0 Å². The molecule has 0 fully saturated rings. The van der Waals surface area contributed by atoms with Crippen molar-refractivity contribution in [3.8, 4) is 6.07 Å². The van der Waals surface area contributed by atoms with Gasteiger partial charge in [-0.15, -0.1) is 0 Å². The summed E-state index contributed by atoms with van der Waals surface area (Å²) in [5.74, 6) is 0. The summed E-state index contributed by atoms with van der Waals surface area (Å²) in [6, 6.07) is 1.94. The van der Waals surface area contributed by atoms with Crippen LogP contribution in [0.25, 0.3) is 6.08 Å². The Balaban J connectivity index is 2.86. The lowest BCUT2D eigenvalue weighted by Gasteiger charge is -1.96. The summed E-state index contributed by atoms with van der Waals surface area (Å²) in [4.78, 5) is 3.95. The molecule has 0 amide bonds. The van der Waals surface area contributed by atoms with Gasteiger partial charge in [0, 0.05) is 12.6 Å². The zero-order chi connectivity index (χ0) is 8.10. The predicted octanol–water partition coefficient (Wildman–Crippen LogP) is 1.44. The summed E-state index contributed by atoms with van der Waals surface area (Å²) in [7, 11) is 0. The van der Waals surface area contributed by atoms with Crippen molar-refractivity contribution < 1.29 is 0 Å². The highest BCUT2D eigenvalue weighted by Crippen LogP contribution is 2.00. The molecule has 0 aliphatic rings. The zero-order valence-corrected chi connectivity index (χ0v) is 6.36. The van der Waals surface area contributed by atoms with Crippen molar-refractivity contribution >= 4 is 6.08 Å². The molecule has 0 radical (unpaired) electrons. The average molecular weight is 147 g/mol. The Morgan fingerprint density at radius 1 is 1.82 bits per heavy atom. The molecule has 0 saturated carbocycles. The molecule has 0 atom stereocenters. The molecule has 3 heteroatoms. The van der Waals surface area contributed by atoms with Gasteiger partial charge in [0.2, 0.25) is 0 Å². The molecule has 0 aliphatic carbocycles. The van der Waals surface area contributed by atoms with E-state index in [1.54, 1.807) is 18.6 Å². The summed E-state index contributed by atoms with van der Waals surface area (Å²) in [5, 5.41) is 8.26. The Labute approximate surface area is 65.6 Å². The Morgan fingerprint density at radius 2 is 2.64 bits per heavy atom. The molecule has 0 unspecified atom stereocenters. The third-order valence-electron chi connectivity index (χ3n) is 1.41. The molecule has 0 aliphatic heterocycles. The van der Waals surface area contributed by atoms with Crippen molar-refractivity contribution in [2.45, 2.75) is 13.5 Å². The maximum atomic E-state index is 8.26. The molecule has 1 heterocycles. The van der Waals surface area contributed by atoms with Crippen LogP contribution in [0.5, 0.6) is 0 Å². The van der Waals surface area contributed by atoms with E-state index in [1.807, 2.05) is 17.6 Å². The molecule has 1 aromatic rings. The van der Waals surface area contributed by atoms with E-state index in [4.69, 9.17) is 5.26 Å². The lowest BCUT2D eigenvalue weighted by molar-refractivity contribution is 0.754. The fourth-order valence-corrected chi connectivity index (χ4v) is 0.857. The van der Waals surface area contributed by atoms with Crippen LogP contribution in [0.3, 0.4) is 0 Å². The summed E-state index contributed by atoms with van der Waals surface area (Å²) >= 11 is 0. The van der Waals surface area contributed by atoms with Crippen LogP contribution in [0.1, 0.15) is 12.6 Å². The van der Waals surface area contributed by atoms with E-state index in [-0.39, 0.29) is 0 Å². The van der Waals surface area contributed by atoms with Crippen LogP contribution in [-0.4, -0.2) is 9.55 Å². The van der Waals surface area contributed by atoms with Gasteiger partial charge in [-0.05, 0) is 13.0 Å². The maximum absolute atomic E-state index is 8.26. The molecule has 56 valence electrons. The van der Waals surface area contributed by atoms with Crippen molar-refractivity contribution in [2.24, 2.45) is 0 Å². The number of rotatable bonds is 2. The highest BCUT2D eigenvalue weighted by molar-refractivity contribution is 5.46. The molecule has 0 bridgehead atoms. The highest BCUT2D eigenvalue weighted by Gasteiger charge is 1.92. The minimum Gasteiger partial charge on any atom is -0.331 e. The summed E-state index contributed by atoms with van der Waals surface area (Å²) in [5.41, 5.74) is 0.967. The summed E-state index contributed by atoms with van der Waals surface area (Å²) in [6.07, 6.45) is 6.67. The second kappa shape index (κ2) is 3.57. The number of aryl methyl sites for hydroxylation is 1. The van der Waals surface area contributed by atoms with Crippen LogP contribution < -0.4 is 0 Å². The van der Waals surface area contributed by atoms with E-state index in [1.165, 1.54) is 6.08 Å². The molecular weight excluding hydrogens is 138 g/mol. The van der Waals surface area contributed by atoms with E-state index in [9.17, 15) is 0 Å². The second-order valence-corrected chi connectivity index (χ2v) is 2.07. The number of aromatic nitrogens is 2. The number of nitriles is 1. The molecule has 0 aromatic carbocycles. The molecule has 1 rings (SSSR count). The lowest BCUT2D eigenvalue weighted by atomic mass is 10.4. The van der Waals surface area contributed by atoms with Crippen molar-refractivity contribution in [3.63, 3.8) is 0 Å². The monoisotopic (exact) mass is 147 g/mol. The van der Waals surface area contributed by atoms with Crippen LogP contribution in [0, 0.1) is 11.3 Å². The number of imidazole rings is 1. The maximum Gasteiger partial charge on any atom is 0.0950 e. The van der Waals surface area contributed by atoms with Crippen LogP contribution in [0.2, 0.25) is 0 Å². The summed E-state index contributed by atoms with van der Waals surface area (Å²) < 4.78 is 1.97. The first-order valence-electron chi connectivity index (χ1n) is 3.44. The number of hydrogen-bond donors (Lipinski definition) is 0.